The lowest BCUT2D eigenvalue weighted by Gasteiger charge is -2.26. The van der Waals surface area contributed by atoms with Crippen LogP contribution in [0.2, 0.25) is 0 Å². The summed E-state index contributed by atoms with van der Waals surface area (Å²) in [5, 5.41) is 8.72. The fourth-order valence-electron chi connectivity index (χ4n) is 3.22. The van der Waals surface area contributed by atoms with E-state index in [0.717, 1.165) is 63.7 Å². The van der Waals surface area contributed by atoms with E-state index >= 15 is 0 Å². The maximum Gasteiger partial charge on any atom is 0.100 e. The van der Waals surface area contributed by atoms with Crippen LogP contribution in [0.25, 0.3) is 5.69 Å². The zero-order valence-corrected chi connectivity index (χ0v) is 13.2. The smallest absolute Gasteiger partial charge is 0.100 e. The fraction of sp³-hybridized carbons (Fsp3) is 0.529. The number of hydrogen-bond donors (Lipinski definition) is 0. The second-order valence-corrected chi connectivity index (χ2v) is 6.11. The molecular formula is C17H22N4O2. The van der Waals surface area contributed by atoms with Gasteiger partial charge in [-0.2, -0.15) is 0 Å². The maximum atomic E-state index is 5.86. The van der Waals surface area contributed by atoms with Gasteiger partial charge in [0.1, 0.15) is 5.69 Å². The van der Waals surface area contributed by atoms with E-state index in [-0.39, 0.29) is 6.10 Å². The van der Waals surface area contributed by atoms with Crippen LogP contribution >= 0.6 is 0 Å². The average Bonchev–Trinajstić information content (AvgIpc) is 3.25. The van der Waals surface area contributed by atoms with Crippen molar-refractivity contribution in [3.05, 3.63) is 41.7 Å². The average molecular weight is 314 g/mol. The van der Waals surface area contributed by atoms with Crippen molar-refractivity contribution >= 4 is 0 Å². The zero-order chi connectivity index (χ0) is 15.5. The number of benzene rings is 1. The Morgan fingerprint density at radius 2 is 2.17 bits per heavy atom. The minimum absolute atomic E-state index is 0.286. The van der Waals surface area contributed by atoms with Crippen LogP contribution in [0.3, 0.4) is 0 Å². The molecule has 0 radical (unpaired) electrons. The van der Waals surface area contributed by atoms with Crippen molar-refractivity contribution < 1.29 is 9.47 Å². The van der Waals surface area contributed by atoms with E-state index in [2.05, 4.69) is 27.3 Å². The van der Waals surface area contributed by atoms with Crippen LogP contribution in [0, 0.1) is 0 Å². The highest BCUT2D eigenvalue weighted by molar-refractivity contribution is 5.33. The Labute approximate surface area is 136 Å². The zero-order valence-electron chi connectivity index (χ0n) is 13.2. The van der Waals surface area contributed by atoms with Crippen molar-refractivity contribution in [2.45, 2.75) is 25.5 Å². The summed E-state index contributed by atoms with van der Waals surface area (Å²) in [5.74, 6) is 0. The molecule has 0 spiro atoms. The summed E-state index contributed by atoms with van der Waals surface area (Å²) in [6.45, 7) is 5.16. The van der Waals surface area contributed by atoms with Crippen molar-refractivity contribution in [1.29, 1.82) is 0 Å². The minimum Gasteiger partial charge on any atom is -0.379 e. The molecule has 1 aromatic heterocycles. The molecule has 0 saturated carbocycles. The molecule has 0 aliphatic carbocycles. The monoisotopic (exact) mass is 314 g/mol. The van der Waals surface area contributed by atoms with E-state index in [0.29, 0.717) is 0 Å². The summed E-state index contributed by atoms with van der Waals surface area (Å²) in [6.07, 6.45) is 2.29. The van der Waals surface area contributed by atoms with Crippen LogP contribution in [0.4, 0.5) is 0 Å². The third-order valence-electron chi connectivity index (χ3n) is 4.53. The van der Waals surface area contributed by atoms with E-state index in [1.165, 1.54) is 5.69 Å². The molecule has 1 atom stereocenters. The summed E-state index contributed by atoms with van der Waals surface area (Å²) < 4.78 is 13.2. The quantitative estimate of drug-likeness (QED) is 0.836. The predicted octanol–water partition coefficient (Wildman–Crippen LogP) is 1.43. The van der Waals surface area contributed by atoms with Crippen LogP contribution < -0.4 is 0 Å². The molecule has 2 aromatic rings. The molecule has 6 nitrogen and oxygen atoms in total. The second-order valence-electron chi connectivity index (χ2n) is 6.11. The van der Waals surface area contributed by atoms with Gasteiger partial charge >= 0.3 is 0 Å². The third kappa shape index (κ3) is 3.29. The summed E-state index contributed by atoms with van der Waals surface area (Å²) in [5.41, 5.74) is 3.40. The van der Waals surface area contributed by atoms with Gasteiger partial charge in [0.2, 0.25) is 0 Å². The van der Waals surface area contributed by atoms with Gasteiger partial charge in [0.05, 0.1) is 30.7 Å². The van der Waals surface area contributed by atoms with Crippen molar-refractivity contribution in [2.75, 3.05) is 32.9 Å². The normalized spacial score (nSPS) is 21.5. The number of rotatable bonds is 5. The molecule has 6 heteroatoms. The minimum atomic E-state index is 0.286. The van der Waals surface area contributed by atoms with E-state index < -0.39 is 0 Å². The van der Waals surface area contributed by atoms with E-state index in [4.69, 9.17) is 9.47 Å². The van der Waals surface area contributed by atoms with Gasteiger partial charge in [0, 0.05) is 32.7 Å². The van der Waals surface area contributed by atoms with Crippen molar-refractivity contribution in [2.24, 2.45) is 0 Å². The summed E-state index contributed by atoms with van der Waals surface area (Å²) in [7, 11) is 0. The second kappa shape index (κ2) is 6.78. The summed E-state index contributed by atoms with van der Waals surface area (Å²) in [6, 6.07) is 10.2. The first-order valence-electron chi connectivity index (χ1n) is 8.31. The number of fused-ring (bicyclic) bond motifs is 1. The SMILES string of the molecule is c1ccc(-n2nnc3c2CCN(CCO[C@H]2CCOC2)C3)cc1. The number of aromatic nitrogens is 3. The first-order valence-corrected chi connectivity index (χ1v) is 8.31. The maximum absolute atomic E-state index is 5.86. The van der Waals surface area contributed by atoms with Crippen LogP contribution in [0.5, 0.6) is 0 Å². The molecule has 1 saturated heterocycles. The molecular weight excluding hydrogens is 292 g/mol. The van der Waals surface area contributed by atoms with Crippen LogP contribution in [0.1, 0.15) is 17.8 Å². The first-order chi connectivity index (χ1) is 11.4. The Bertz CT molecular complexity index is 637. The fourth-order valence-corrected chi connectivity index (χ4v) is 3.22. The van der Waals surface area contributed by atoms with Gasteiger partial charge in [-0.1, -0.05) is 23.4 Å². The van der Waals surface area contributed by atoms with Gasteiger partial charge in [0.15, 0.2) is 0 Å². The van der Waals surface area contributed by atoms with Gasteiger partial charge in [0.25, 0.3) is 0 Å². The third-order valence-corrected chi connectivity index (χ3v) is 4.53. The van der Waals surface area contributed by atoms with E-state index in [9.17, 15) is 0 Å². The molecule has 0 amide bonds. The van der Waals surface area contributed by atoms with Crippen LogP contribution in [0.15, 0.2) is 30.3 Å². The number of hydrogen-bond acceptors (Lipinski definition) is 5. The van der Waals surface area contributed by atoms with E-state index in [1.807, 2.05) is 22.9 Å². The van der Waals surface area contributed by atoms with Crippen molar-refractivity contribution in [3.8, 4) is 5.69 Å². The Hall–Kier alpha value is -1.76. The highest BCUT2D eigenvalue weighted by atomic mass is 16.5. The Morgan fingerprint density at radius 1 is 1.26 bits per heavy atom. The van der Waals surface area contributed by atoms with Crippen molar-refractivity contribution in [3.63, 3.8) is 0 Å². The topological polar surface area (TPSA) is 52.4 Å². The molecule has 122 valence electrons. The lowest BCUT2D eigenvalue weighted by molar-refractivity contribution is 0.0277. The number of ether oxygens (including phenoxy) is 2. The molecule has 2 aliphatic rings. The molecule has 23 heavy (non-hydrogen) atoms. The largest absolute Gasteiger partial charge is 0.379 e. The van der Waals surface area contributed by atoms with Crippen LogP contribution in [-0.2, 0) is 22.4 Å². The molecule has 2 aliphatic heterocycles. The highest BCUT2D eigenvalue weighted by Crippen LogP contribution is 2.19. The van der Waals surface area contributed by atoms with Gasteiger partial charge in [-0.3, -0.25) is 4.90 Å². The molecule has 0 N–H and O–H groups in total. The summed E-state index contributed by atoms with van der Waals surface area (Å²) in [4.78, 5) is 2.39. The van der Waals surface area contributed by atoms with Gasteiger partial charge in [-0.05, 0) is 18.6 Å². The van der Waals surface area contributed by atoms with Gasteiger partial charge in [-0.15, -0.1) is 5.10 Å². The van der Waals surface area contributed by atoms with Crippen LogP contribution in [-0.4, -0.2) is 58.9 Å². The molecule has 3 heterocycles. The molecule has 0 bridgehead atoms. The van der Waals surface area contributed by atoms with Gasteiger partial charge in [-0.25, -0.2) is 4.68 Å². The molecule has 0 unspecified atom stereocenters. The predicted molar refractivity (Wildman–Crippen MR) is 85.5 cm³/mol. The Balaban J connectivity index is 1.35. The summed E-state index contributed by atoms with van der Waals surface area (Å²) >= 11 is 0. The molecule has 1 aromatic carbocycles. The van der Waals surface area contributed by atoms with Gasteiger partial charge < -0.3 is 9.47 Å². The van der Waals surface area contributed by atoms with E-state index in [1.54, 1.807) is 0 Å². The first kappa shape index (κ1) is 14.8. The standard InChI is InChI=1S/C17H22N4O2/c1-2-4-14(5-3-1)21-17-6-8-20(12-16(17)18-19-21)9-11-23-15-7-10-22-13-15/h1-5,15H,6-13H2/t15-/m0/s1. The lowest BCUT2D eigenvalue weighted by Crippen LogP contribution is -2.34. The number of para-hydroxylation sites is 1. The Morgan fingerprint density at radius 3 is 3.00 bits per heavy atom. The highest BCUT2D eigenvalue weighted by Gasteiger charge is 2.23. The number of nitrogens with zero attached hydrogens (tertiary/aromatic N) is 4. The lowest BCUT2D eigenvalue weighted by atomic mass is 10.1. The van der Waals surface area contributed by atoms with Crippen molar-refractivity contribution in [1.82, 2.24) is 19.9 Å². The Kier molecular flexibility index (Phi) is 4.37. The molecule has 1 fully saturated rings. The molecule has 4 rings (SSSR count).